The first kappa shape index (κ1) is 29.2. The number of amides is 2. The van der Waals surface area contributed by atoms with Crippen molar-refractivity contribution in [2.75, 3.05) is 66.8 Å². The molecule has 2 rings (SSSR count). The predicted octanol–water partition coefficient (Wildman–Crippen LogP) is 1.41. The molecule has 1 unspecified atom stereocenters. The van der Waals surface area contributed by atoms with Crippen molar-refractivity contribution >= 4 is 28.6 Å². The number of nitrogens with one attached hydrogen (secondary N) is 2. The number of aromatic nitrogens is 1. The van der Waals surface area contributed by atoms with E-state index in [1.54, 1.807) is 27.4 Å². The Kier molecular flexibility index (Phi) is 11.3. The molecule has 0 saturated heterocycles. The number of hydrogen-bond donors (Lipinski definition) is 2. The third-order valence-electron chi connectivity index (χ3n) is 5.47. The summed E-state index contributed by atoms with van der Waals surface area (Å²) in [6.45, 7) is 5.53. The number of hydrogen-bond acceptors (Lipinski definition) is 7. The number of rotatable bonds is 13. The van der Waals surface area contributed by atoms with Crippen molar-refractivity contribution < 1.29 is 18.5 Å². The number of methoxy groups -OCH3 is 1. The number of benzene rings is 1. The first-order valence-corrected chi connectivity index (χ1v) is 12.7. The molecular formula is C25H38N6O4S. The molecule has 1 aromatic heterocycles. The van der Waals surface area contributed by atoms with E-state index in [2.05, 4.69) is 20.5 Å². The lowest BCUT2D eigenvalue weighted by Gasteiger charge is -2.20. The third-order valence-corrected chi connectivity index (χ3v) is 7.15. The van der Waals surface area contributed by atoms with Gasteiger partial charge in [-0.2, -0.15) is 0 Å². The van der Waals surface area contributed by atoms with Crippen LogP contribution in [0.3, 0.4) is 0 Å². The number of carbonyl (C=O) groups is 2. The Morgan fingerprint density at radius 2 is 1.75 bits per heavy atom. The monoisotopic (exact) mass is 518 g/mol. The second kappa shape index (κ2) is 13.9. The zero-order valence-corrected chi connectivity index (χ0v) is 23.1. The fourth-order valence-electron chi connectivity index (χ4n) is 3.48. The van der Waals surface area contributed by atoms with E-state index in [9.17, 15) is 13.8 Å². The van der Waals surface area contributed by atoms with Gasteiger partial charge in [-0.25, -0.2) is 13.5 Å². The molecule has 0 aliphatic rings. The molecule has 198 valence electrons. The second-order valence-electron chi connectivity index (χ2n) is 8.93. The number of likely N-dealkylation sites (N-methyl/N-ethyl adjacent to an activating group) is 3. The van der Waals surface area contributed by atoms with E-state index in [1.807, 2.05) is 52.2 Å². The molecule has 11 heteroatoms. The smallest absolute Gasteiger partial charge is 0.242 e. The number of aryl methyl sites for hydroxylation is 2. The van der Waals surface area contributed by atoms with Gasteiger partial charge in [0.25, 0.3) is 0 Å². The van der Waals surface area contributed by atoms with Gasteiger partial charge in [0.15, 0.2) is 0 Å². The van der Waals surface area contributed by atoms with Crippen LogP contribution in [-0.4, -0.2) is 96.6 Å². The van der Waals surface area contributed by atoms with Crippen molar-refractivity contribution in [1.29, 1.82) is 0 Å². The van der Waals surface area contributed by atoms with Crippen LogP contribution in [-0.2, 0) is 27.1 Å². The highest BCUT2D eigenvalue weighted by atomic mass is 32.2. The molecule has 0 fully saturated rings. The van der Waals surface area contributed by atoms with E-state index < -0.39 is 11.0 Å². The molecule has 0 radical (unpaired) electrons. The summed E-state index contributed by atoms with van der Waals surface area (Å²) in [6, 6.07) is 7.43. The quantitative estimate of drug-likeness (QED) is 0.413. The maximum absolute atomic E-state index is 13.0. The lowest BCUT2D eigenvalue weighted by molar-refractivity contribution is -0.132. The average molecular weight is 519 g/mol. The van der Waals surface area contributed by atoms with Gasteiger partial charge < -0.3 is 25.2 Å². The van der Waals surface area contributed by atoms with E-state index in [-0.39, 0.29) is 24.9 Å². The first-order valence-electron chi connectivity index (χ1n) is 11.6. The standard InChI is InChI=1S/C25H38N6O4S/c1-18-12-21(35-7)13-19(2)25(18)36(34)31(6)17-23(32)28-15-24(33)30(5)16-20-8-9-22(27-14-20)26-10-11-29(3)4/h8-9,12-14H,10-11,15-17H2,1-7H3,(H,26,27)(H,28,32). The Hall–Kier alpha value is -3.02. The van der Waals surface area contributed by atoms with Gasteiger partial charge >= 0.3 is 0 Å². The molecule has 0 aliphatic carbocycles. The maximum Gasteiger partial charge on any atom is 0.242 e. The SMILES string of the molecule is COc1cc(C)c(S(=O)N(C)CC(=O)NCC(=O)N(C)Cc2ccc(NCCN(C)C)nc2)c(C)c1. The normalized spacial score (nSPS) is 11.9. The van der Waals surface area contributed by atoms with Crippen LogP contribution in [0.5, 0.6) is 5.75 Å². The topological polar surface area (TPSA) is 107 Å². The Balaban J connectivity index is 1.82. The van der Waals surface area contributed by atoms with Gasteiger partial charge in [-0.1, -0.05) is 6.07 Å². The van der Waals surface area contributed by atoms with Gasteiger partial charge in [0.1, 0.15) is 22.6 Å². The van der Waals surface area contributed by atoms with Gasteiger partial charge in [-0.15, -0.1) is 0 Å². The summed E-state index contributed by atoms with van der Waals surface area (Å²) in [5, 5.41) is 5.86. The summed E-state index contributed by atoms with van der Waals surface area (Å²) in [6.07, 6.45) is 1.73. The molecule has 10 nitrogen and oxygen atoms in total. The number of pyridine rings is 1. The minimum absolute atomic E-state index is 0.110. The number of carbonyl (C=O) groups excluding carboxylic acids is 2. The molecule has 2 amide bonds. The number of nitrogens with zero attached hydrogens (tertiary/aromatic N) is 4. The van der Waals surface area contributed by atoms with Crippen LogP contribution in [0.15, 0.2) is 35.4 Å². The number of ether oxygens (including phenoxy) is 1. The number of anilines is 1. The average Bonchev–Trinajstić information content (AvgIpc) is 2.82. The molecule has 0 spiro atoms. The van der Waals surface area contributed by atoms with Gasteiger partial charge in [-0.3, -0.25) is 9.59 Å². The fourth-order valence-corrected chi connectivity index (χ4v) is 4.69. The Bertz CT molecular complexity index is 1040. The van der Waals surface area contributed by atoms with Crippen LogP contribution >= 0.6 is 0 Å². The highest BCUT2D eigenvalue weighted by Gasteiger charge is 2.20. The first-order chi connectivity index (χ1) is 17.0. The van der Waals surface area contributed by atoms with Crippen LogP contribution in [0.4, 0.5) is 5.82 Å². The van der Waals surface area contributed by atoms with Crippen molar-refractivity contribution in [1.82, 2.24) is 24.4 Å². The van der Waals surface area contributed by atoms with Crippen molar-refractivity contribution in [3.05, 3.63) is 47.2 Å². The van der Waals surface area contributed by atoms with Gasteiger partial charge in [0.2, 0.25) is 11.8 Å². The third kappa shape index (κ3) is 8.89. The van der Waals surface area contributed by atoms with Crippen LogP contribution in [0.2, 0.25) is 0 Å². The Morgan fingerprint density at radius 1 is 1.08 bits per heavy atom. The lowest BCUT2D eigenvalue weighted by atomic mass is 10.1. The summed E-state index contributed by atoms with van der Waals surface area (Å²) in [5.41, 5.74) is 2.53. The molecule has 1 atom stereocenters. The van der Waals surface area contributed by atoms with Crippen LogP contribution < -0.4 is 15.4 Å². The molecule has 1 heterocycles. The van der Waals surface area contributed by atoms with Crippen LogP contribution in [0, 0.1) is 13.8 Å². The molecule has 1 aromatic carbocycles. The van der Waals surface area contributed by atoms with Crippen molar-refractivity contribution in [2.24, 2.45) is 0 Å². The highest BCUT2D eigenvalue weighted by molar-refractivity contribution is 7.82. The predicted molar refractivity (Wildman–Crippen MR) is 142 cm³/mol. The zero-order valence-electron chi connectivity index (χ0n) is 22.3. The van der Waals surface area contributed by atoms with E-state index in [4.69, 9.17) is 4.74 Å². The second-order valence-corrected chi connectivity index (χ2v) is 10.5. The van der Waals surface area contributed by atoms with E-state index in [0.717, 1.165) is 35.6 Å². The minimum Gasteiger partial charge on any atom is -0.497 e. The lowest BCUT2D eigenvalue weighted by Crippen LogP contribution is -2.42. The summed E-state index contributed by atoms with van der Waals surface area (Å²) in [7, 11) is 7.36. The van der Waals surface area contributed by atoms with E-state index in [1.165, 1.54) is 9.21 Å². The van der Waals surface area contributed by atoms with Crippen molar-refractivity contribution in [2.45, 2.75) is 25.3 Å². The molecule has 2 aromatic rings. The summed E-state index contributed by atoms with van der Waals surface area (Å²) in [4.78, 5) is 33.6. The summed E-state index contributed by atoms with van der Waals surface area (Å²) in [5.74, 6) is 0.856. The van der Waals surface area contributed by atoms with E-state index >= 15 is 0 Å². The zero-order chi connectivity index (χ0) is 26.8. The van der Waals surface area contributed by atoms with Gasteiger partial charge in [0, 0.05) is 39.9 Å². The van der Waals surface area contributed by atoms with Gasteiger partial charge in [-0.05, 0) is 62.8 Å². The van der Waals surface area contributed by atoms with Crippen LogP contribution in [0.25, 0.3) is 0 Å². The molecule has 2 N–H and O–H groups in total. The van der Waals surface area contributed by atoms with Crippen molar-refractivity contribution in [3.63, 3.8) is 0 Å². The summed E-state index contributed by atoms with van der Waals surface area (Å²) < 4.78 is 19.7. The summed E-state index contributed by atoms with van der Waals surface area (Å²) >= 11 is 0. The minimum atomic E-state index is -1.53. The fraction of sp³-hybridized carbons (Fsp3) is 0.480. The molecule has 0 bridgehead atoms. The van der Waals surface area contributed by atoms with E-state index in [0.29, 0.717) is 17.2 Å². The largest absolute Gasteiger partial charge is 0.497 e. The molecular weight excluding hydrogens is 480 g/mol. The molecule has 0 aliphatic heterocycles. The van der Waals surface area contributed by atoms with Crippen LogP contribution in [0.1, 0.15) is 16.7 Å². The maximum atomic E-state index is 13.0. The molecule has 0 saturated carbocycles. The molecule has 36 heavy (non-hydrogen) atoms. The van der Waals surface area contributed by atoms with Gasteiger partial charge in [0.05, 0.1) is 25.1 Å². The Labute approximate surface area is 216 Å². The van der Waals surface area contributed by atoms with Crippen molar-refractivity contribution in [3.8, 4) is 5.75 Å². The highest BCUT2D eigenvalue weighted by Crippen LogP contribution is 2.25. The Morgan fingerprint density at radius 3 is 2.31 bits per heavy atom.